The number of rotatable bonds is 6. The molecule has 1 aliphatic carbocycles. The maximum Gasteiger partial charge on any atom is 0.287 e. The minimum Gasteiger partial charge on any atom is -0.450 e. The second-order valence-corrected chi connectivity index (χ2v) is 6.64. The molecule has 1 atom stereocenters. The molecule has 7 heteroatoms. The number of nitrogens with one attached hydrogen (secondary N) is 1. The number of amides is 1. The predicted molar refractivity (Wildman–Crippen MR) is 104 cm³/mol. The van der Waals surface area contributed by atoms with Crippen LogP contribution < -0.4 is 5.32 Å². The molecule has 2 heterocycles. The molecule has 2 aromatic heterocycles. The third-order valence-corrected chi connectivity index (χ3v) is 4.92. The van der Waals surface area contributed by atoms with Crippen molar-refractivity contribution >= 4 is 5.91 Å². The van der Waals surface area contributed by atoms with Crippen molar-refractivity contribution in [3.8, 4) is 22.5 Å². The molecule has 2 N–H and O–H groups in total. The minimum absolute atomic E-state index is 0.146. The van der Waals surface area contributed by atoms with E-state index >= 15 is 0 Å². The van der Waals surface area contributed by atoms with E-state index in [1.165, 1.54) is 0 Å². The van der Waals surface area contributed by atoms with Crippen molar-refractivity contribution in [2.24, 2.45) is 5.18 Å². The van der Waals surface area contributed by atoms with Gasteiger partial charge in [0.2, 0.25) is 0 Å². The maximum absolute atomic E-state index is 12.3. The summed E-state index contributed by atoms with van der Waals surface area (Å²) in [6, 6.07) is 10.9. The molecule has 1 aromatic carbocycles. The fraction of sp³-hybridized carbons (Fsp3) is 0.238. The van der Waals surface area contributed by atoms with Crippen molar-refractivity contribution in [2.75, 3.05) is 13.2 Å². The van der Waals surface area contributed by atoms with Crippen LogP contribution in [0.15, 0.2) is 58.4 Å². The van der Waals surface area contributed by atoms with Crippen LogP contribution in [0.25, 0.3) is 22.5 Å². The van der Waals surface area contributed by atoms with Gasteiger partial charge in [0.25, 0.3) is 5.91 Å². The predicted octanol–water partition coefficient (Wildman–Crippen LogP) is 3.48. The first kappa shape index (κ1) is 18.1. The van der Waals surface area contributed by atoms with Gasteiger partial charge < -0.3 is 14.8 Å². The van der Waals surface area contributed by atoms with E-state index in [9.17, 15) is 9.70 Å². The normalized spacial score (nSPS) is 15.2. The largest absolute Gasteiger partial charge is 0.450 e. The first-order chi connectivity index (χ1) is 13.7. The number of hydrogen-bond acceptors (Lipinski definition) is 6. The Kier molecular flexibility index (Phi) is 4.99. The molecule has 0 saturated heterocycles. The van der Waals surface area contributed by atoms with Crippen molar-refractivity contribution in [2.45, 2.75) is 18.9 Å². The van der Waals surface area contributed by atoms with Gasteiger partial charge in [-0.25, -0.2) is 0 Å². The highest BCUT2D eigenvalue weighted by atomic mass is 16.4. The van der Waals surface area contributed by atoms with Gasteiger partial charge in [-0.05, 0) is 53.8 Å². The van der Waals surface area contributed by atoms with Crippen molar-refractivity contribution in [1.82, 2.24) is 10.3 Å². The smallest absolute Gasteiger partial charge is 0.287 e. The molecular weight excluding hydrogens is 358 g/mol. The van der Waals surface area contributed by atoms with Crippen LogP contribution in [0.1, 0.15) is 34.1 Å². The van der Waals surface area contributed by atoms with Gasteiger partial charge in [0.15, 0.2) is 5.76 Å². The topological polar surface area (TPSA) is 105 Å². The van der Waals surface area contributed by atoms with Crippen LogP contribution in [0.4, 0.5) is 0 Å². The summed E-state index contributed by atoms with van der Waals surface area (Å²) in [5, 5.41) is 14.7. The summed E-state index contributed by atoms with van der Waals surface area (Å²) < 4.78 is 5.93. The summed E-state index contributed by atoms with van der Waals surface area (Å²) in [6.45, 7) is 0.00561. The average molecular weight is 377 g/mol. The van der Waals surface area contributed by atoms with Gasteiger partial charge >= 0.3 is 0 Å². The van der Waals surface area contributed by atoms with Crippen molar-refractivity contribution in [3.05, 3.63) is 70.6 Å². The zero-order valence-corrected chi connectivity index (χ0v) is 15.1. The number of aliphatic hydroxyl groups is 1. The Morgan fingerprint density at radius 3 is 2.79 bits per heavy atom. The lowest BCUT2D eigenvalue weighted by atomic mass is 9.99. The van der Waals surface area contributed by atoms with Crippen LogP contribution in [-0.4, -0.2) is 29.1 Å². The number of nitrogens with zero attached hydrogens (tertiary/aromatic N) is 2. The minimum atomic E-state index is -0.387. The summed E-state index contributed by atoms with van der Waals surface area (Å²) in [5.41, 5.74) is 4.52. The number of aliphatic hydroxyl groups excluding tert-OH is 1. The highest BCUT2D eigenvalue weighted by Crippen LogP contribution is 2.40. The molecule has 0 fully saturated rings. The summed E-state index contributed by atoms with van der Waals surface area (Å²) in [4.78, 5) is 27.4. The highest BCUT2D eigenvalue weighted by molar-refractivity contribution is 5.95. The van der Waals surface area contributed by atoms with Crippen molar-refractivity contribution in [1.29, 1.82) is 0 Å². The SMILES string of the molecule is O=NC1CCc2cc(-c3oc(C(=O)NCCO)cc3-c3ccncc3)ccc21. The number of carbonyl (C=O) groups is 1. The van der Waals surface area contributed by atoms with Crippen LogP contribution in [0.3, 0.4) is 0 Å². The second kappa shape index (κ2) is 7.74. The van der Waals surface area contributed by atoms with E-state index in [0.717, 1.165) is 34.2 Å². The van der Waals surface area contributed by atoms with Gasteiger partial charge in [-0.1, -0.05) is 17.3 Å². The summed E-state index contributed by atoms with van der Waals surface area (Å²) in [6.07, 6.45) is 4.86. The molecular formula is C21H19N3O4. The van der Waals surface area contributed by atoms with Crippen molar-refractivity contribution < 1.29 is 14.3 Å². The monoisotopic (exact) mass is 377 g/mol. The molecule has 28 heavy (non-hydrogen) atoms. The lowest BCUT2D eigenvalue weighted by molar-refractivity contribution is 0.0918. The molecule has 1 aliphatic rings. The number of aryl methyl sites for hydroxylation is 1. The van der Waals surface area contributed by atoms with Crippen LogP contribution >= 0.6 is 0 Å². The van der Waals surface area contributed by atoms with E-state index in [0.29, 0.717) is 12.2 Å². The number of hydrogen-bond donors (Lipinski definition) is 2. The van der Waals surface area contributed by atoms with Crippen LogP contribution in [0.2, 0.25) is 0 Å². The third-order valence-electron chi connectivity index (χ3n) is 4.92. The molecule has 142 valence electrons. The summed E-state index contributed by atoms with van der Waals surface area (Å²) >= 11 is 0. The molecule has 1 unspecified atom stereocenters. The number of furan rings is 1. The maximum atomic E-state index is 12.3. The Balaban J connectivity index is 1.78. The Labute approximate surface area is 161 Å². The lowest BCUT2D eigenvalue weighted by Crippen LogP contribution is -2.25. The molecule has 1 amide bonds. The Morgan fingerprint density at radius 2 is 2.04 bits per heavy atom. The van der Waals surface area contributed by atoms with E-state index in [2.05, 4.69) is 15.5 Å². The van der Waals surface area contributed by atoms with Gasteiger partial charge in [-0.15, -0.1) is 0 Å². The first-order valence-corrected chi connectivity index (χ1v) is 9.10. The summed E-state index contributed by atoms with van der Waals surface area (Å²) in [5.74, 6) is 0.357. The van der Waals surface area contributed by atoms with Gasteiger partial charge in [-0.2, -0.15) is 4.91 Å². The van der Waals surface area contributed by atoms with E-state index in [4.69, 9.17) is 9.52 Å². The Hall–Kier alpha value is -3.32. The molecule has 0 bridgehead atoms. The number of carbonyl (C=O) groups excluding carboxylic acids is 1. The van der Waals surface area contributed by atoms with Crippen molar-refractivity contribution in [3.63, 3.8) is 0 Å². The van der Waals surface area contributed by atoms with Crippen LogP contribution in [0.5, 0.6) is 0 Å². The molecule has 0 aliphatic heterocycles. The number of fused-ring (bicyclic) bond motifs is 1. The van der Waals surface area contributed by atoms with E-state index in [1.807, 2.05) is 30.3 Å². The number of benzene rings is 1. The fourth-order valence-electron chi connectivity index (χ4n) is 3.57. The van der Waals surface area contributed by atoms with Gasteiger partial charge in [-0.3, -0.25) is 9.78 Å². The van der Waals surface area contributed by atoms with E-state index in [-0.39, 0.29) is 30.9 Å². The van der Waals surface area contributed by atoms with Crippen LogP contribution in [0, 0.1) is 4.91 Å². The Bertz CT molecular complexity index is 1010. The molecule has 0 saturated carbocycles. The zero-order valence-electron chi connectivity index (χ0n) is 15.1. The average Bonchev–Trinajstić information content (AvgIpc) is 3.36. The molecule has 7 nitrogen and oxygen atoms in total. The molecule has 4 rings (SSSR count). The fourth-order valence-corrected chi connectivity index (χ4v) is 3.57. The Morgan fingerprint density at radius 1 is 1.21 bits per heavy atom. The molecule has 0 spiro atoms. The van der Waals surface area contributed by atoms with Crippen LogP contribution in [-0.2, 0) is 6.42 Å². The number of nitroso groups, excluding NO2 is 1. The zero-order chi connectivity index (χ0) is 19.5. The summed E-state index contributed by atoms with van der Waals surface area (Å²) in [7, 11) is 0. The molecule has 3 aromatic rings. The van der Waals surface area contributed by atoms with Gasteiger partial charge in [0, 0.05) is 30.1 Å². The highest BCUT2D eigenvalue weighted by Gasteiger charge is 2.25. The number of pyridine rings is 1. The van der Waals surface area contributed by atoms with Gasteiger partial charge in [0.05, 0.1) is 6.61 Å². The second-order valence-electron chi connectivity index (χ2n) is 6.64. The molecule has 0 radical (unpaired) electrons. The third kappa shape index (κ3) is 3.32. The number of aromatic nitrogens is 1. The van der Waals surface area contributed by atoms with E-state index < -0.39 is 0 Å². The standard InChI is InChI=1S/C21H19N3O4/c25-10-9-23-21(26)19-12-17(13-5-7-22-8-6-13)20(28-19)15-1-3-16-14(11-15)2-4-18(16)24-27/h1,3,5-8,11-12,18,25H,2,4,9-10H2,(H,23,26). The van der Waals surface area contributed by atoms with Gasteiger partial charge in [0.1, 0.15) is 11.8 Å². The quantitative estimate of drug-likeness (QED) is 0.640. The van der Waals surface area contributed by atoms with E-state index in [1.54, 1.807) is 18.5 Å². The first-order valence-electron chi connectivity index (χ1n) is 9.10. The lowest BCUT2D eigenvalue weighted by Gasteiger charge is -2.07.